The van der Waals surface area contributed by atoms with Crippen molar-refractivity contribution in [1.29, 1.82) is 1.34 Å². The third-order valence-corrected chi connectivity index (χ3v) is 2.91. The third kappa shape index (κ3) is 50.0. The van der Waals surface area contributed by atoms with E-state index in [0.29, 0.717) is 5.92 Å². The molecule has 0 saturated heterocycles. The third-order valence-electron chi connectivity index (χ3n) is 2.91. The molecule has 28 heavy (non-hydrogen) atoms. The van der Waals surface area contributed by atoms with Crippen molar-refractivity contribution >= 4 is 7.81 Å². The van der Waals surface area contributed by atoms with E-state index in [1.54, 1.807) is 6.82 Å². The van der Waals surface area contributed by atoms with Gasteiger partial charge in [0.2, 0.25) is 0 Å². The molecule has 0 aromatic heterocycles. The highest BCUT2D eigenvalue weighted by Crippen LogP contribution is 2.40. The number of rotatable bonds is 3. The zero-order chi connectivity index (χ0) is 23.8. The van der Waals surface area contributed by atoms with Crippen LogP contribution in [0.4, 0.5) is 0 Å². The Hall–Kier alpha value is -0.495. The molecular weight excluding hydrogens is 391 g/mol. The summed E-state index contributed by atoms with van der Waals surface area (Å²) in [5, 5.41) is 85.0. The van der Waals surface area contributed by atoms with Crippen LogP contribution in [0.5, 0.6) is 0 Å². The van der Waals surface area contributed by atoms with Gasteiger partial charge in [0.15, 0.2) is 0 Å². The van der Waals surface area contributed by atoms with E-state index in [2.05, 4.69) is 25.8 Å². The molecular formula is C13H44BO14. The predicted octanol–water partition coefficient (Wildman–Crippen LogP) is 3.68. The van der Waals surface area contributed by atoms with Crippen molar-refractivity contribution < 1.29 is 73.2 Å². The molecule has 183 valence electrons. The van der Waals surface area contributed by atoms with Gasteiger partial charge < -0.3 is 5.11 Å². The zero-order valence-electron chi connectivity index (χ0n) is 16.2. The summed E-state index contributed by atoms with van der Waals surface area (Å²) in [7, 11) is 1.25. The zero-order valence-corrected chi connectivity index (χ0v) is 15.2. The van der Waals surface area contributed by atoms with Crippen LogP contribution in [0, 0.1) is 17.8 Å². The Labute approximate surface area is 169 Å². The van der Waals surface area contributed by atoms with E-state index in [4.69, 9.17) is 64.4 Å². The highest BCUT2D eigenvalue weighted by atomic mass is 17.4. The molecule has 1 radical (unpaired) electrons. The van der Waals surface area contributed by atoms with E-state index < -0.39 is 0 Å². The molecule has 14 nitrogen and oxygen atoms in total. The number of aliphatic hydroxyl groups is 1. The molecule has 0 spiro atoms. The standard InChI is InChI=1S/C10H20O.CH4B.2CH4.H2O3.5H2O2/c1-4-8-6-10(11)9(8)5-7(2)3;1-2;;;1-3-2;5*1-2/h7-11H,4-6H2,1-3H3;2H,1H3;2*1H4;1-2H;5*1-2H/i;2D;;;;;;;;. The van der Waals surface area contributed by atoms with Crippen LogP contribution in [-0.4, -0.2) is 83.4 Å². The second-order valence-electron chi connectivity index (χ2n) is 4.35. The van der Waals surface area contributed by atoms with E-state index in [0.717, 1.165) is 18.3 Å². The van der Waals surface area contributed by atoms with Gasteiger partial charge in [0, 0.05) is 0 Å². The van der Waals surface area contributed by atoms with Crippen LogP contribution in [-0.2, 0) is 5.04 Å². The molecule has 13 N–H and O–H groups in total. The first-order valence-corrected chi connectivity index (χ1v) is 6.77. The van der Waals surface area contributed by atoms with E-state index in [1.165, 1.54) is 20.7 Å². The summed E-state index contributed by atoms with van der Waals surface area (Å²) in [6.07, 6.45) is 3.52. The molecule has 3 atom stereocenters. The van der Waals surface area contributed by atoms with Crippen molar-refractivity contribution in [2.45, 2.75) is 67.8 Å². The Morgan fingerprint density at radius 1 is 0.929 bits per heavy atom. The molecule has 0 amide bonds. The normalized spacial score (nSPS) is 16.9. The van der Waals surface area contributed by atoms with Crippen LogP contribution < -0.4 is 0 Å². The average molecular weight is 436 g/mol. The molecule has 1 rings (SSSR count). The monoisotopic (exact) mass is 436 g/mol. The maximum Gasteiger partial charge on any atom is 0.0823 e. The van der Waals surface area contributed by atoms with Crippen LogP contribution in [0.25, 0.3) is 0 Å². The van der Waals surface area contributed by atoms with Gasteiger partial charge >= 0.3 is 0 Å². The lowest BCUT2D eigenvalue weighted by molar-refractivity contribution is -0.465. The highest BCUT2D eigenvalue weighted by molar-refractivity contribution is 6.05. The van der Waals surface area contributed by atoms with E-state index in [-0.39, 0.29) is 21.0 Å². The van der Waals surface area contributed by atoms with E-state index >= 15 is 0 Å². The Balaban J connectivity index is -0.0000000271. The van der Waals surface area contributed by atoms with Gasteiger partial charge in [0.1, 0.15) is 0 Å². The van der Waals surface area contributed by atoms with E-state index in [9.17, 15) is 5.11 Å². The molecule has 0 aromatic carbocycles. The van der Waals surface area contributed by atoms with Gasteiger partial charge in [0.05, 0.1) is 13.9 Å². The van der Waals surface area contributed by atoms with Crippen molar-refractivity contribution in [3.8, 4) is 0 Å². The molecule has 1 aliphatic rings. The van der Waals surface area contributed by atoms with Gasteiger partial charge in [-0.05, 0) is 31.9 Å². The first-order chi connectivity index (χ1) is 13.0. The lowest BCUT2D eigenvalue weighted by Gasteiger charge is -2.42. The summed E-state index contributed by atoms with van der Waals surface area (Å²) < 4.78 is 6.08. The van der Waals surface area contributed by atoms with Gasteiger partial charge in [0.25, 0.3) is 0 Å². The van der Waals surface area contributed by atoms with Crippen molar-refractivity contribution in [2.24, 2.45) is 17.8 Å². The molecule has 3 unspecified atom stereocenters. The largest absolute Gasteiger partial charge is 0.393 e. The van der Waals surface area contributed by atoms with Crippen LogP contribution in [0.15, 0.2) is 0 Å². The molecule has 0 aliphatic heterocycles. The van der Waals surface area contributed by atoms with Gasteiger partial charge in [-0.25, -0.2) is 10.5 Å². The summed E-state index contributed by atoms with van der Waals surface area (Å²) in [6.45, 7) is 8.36. The Morgan fingerprint density at radius 3 is 1.32 bits per heavy atom. The van der Waals surface area contributed by atoms with Gasteiger partial charge in [-0.3, -0.25) is 52.6 Å². The number of hydrogen-bond donors (Lipinski definition) is 13. The maximum absolute atomic E-state index is 9.46. The Kier molecular flexibility index (Phi) is 130. The van der Waals surface area contributed by atoms with Crippen LogP contribution >= 0.6 is 0 Å². The average Bonchev–Trinajstić information content (AvgIpc) is 2.73. The Morgan fingerprint density at radius 2 is 1.18 bits per heavy atom. The molecule has 1 saturated carbocycles. The minimum absolute atomic E-state index is 0. The van der Waals surface area contributed by atoms with Crippen LogP contribution in [0.3, 0.4) is 0 Å². The molecule has 0 bridgehead atoms. The van der Waals surface area contributed by atoms with Crippen molar-refractivity contribution in [1.82, 2.24) is 0 Å². The molecule has 0 heterocycles. The predicted molar refractivity (Wildman–Crippen MR) is 106 cm³/mol. The minimum Gasteiger partial charge on any atom is -0.393 e. The van der Waals surface area contributed by atoms with E-state index in [1.807, 2.05) is 0 Å². The number of aliphatic hydroxyl groups excluding tert-OH is 1. The summed E-state index contributed by atoms with van der Waals surface area (Å²) >= 11 is 0. The molecule has 1 fully saturated rings. The van der Waals surface area contributed by atoms with Gasteiger partial charge in [-0.2, -0.15) is 0 Å². The summed E-state index contributed by atoms with van der Waals surface area (Å²) in [5.74, 6) is 2.16. The smallest absolute Gasteiger partial charge is 0.0823 e. The number of hydrogen-bond acceptors (Lipinski definition) is 14. The lowest BCUT2D eigenvalue weighted by atomic mass is 9.66. The SMILES string of the molecule is C.C.CCC1CC(O)C1CC(C)C.OO.OO.OO.OO.OO.OOO.[2H][B]C. The summed E-state index contributed by atoms with van der Waals surface area (Å²) in [4.78, 5) is 0. The van der Waals surface area contributed by atoms with Crippen molar-refractivity contribution in [3.05, 3.63) is 0 Å². The van der Waals surface area contributed by atoms with Gasteiger partial charge in [-0.1, -0.05) is 53.9 Å². The molecule has 1 aliphatic carbocycles. The first kappa shape index (κ1) is 50.8. The maximum atomic E-state index is 9.46. The topological polar surface area (TPSA) is 272 Å². The first-order valence-electron chi connectivity index (χ1n) is 7.35. The molecule has 0 aromatic rings. The lowest BCUT2D eigenvalue weighted by Crippen LogP contribution is -2.41. The van der Waals surface area contributed by atoms with Crippen molar-refractivity contribution in [2.75, 3.05) is 0 Å². The second kappa shape index (κ2) is 71.7. The van der Waals surface area contributed by atoms with Crippen LogP contribution in [0.1, 0.15) is 54.9 Å². The minimum atomic E-state index is 0. The fraction of sp³-hybridized carbons (Fsp3) is 1.00. The second-order valence-corrected chi connectivity index (χ2v) is 4.35. The summed E-state index contributed by atoms with van der Waals surface area (Å²) in [5.41, 5.74) is 0. The van der Waals surface area contributed by atoms with Gasteiger partial charge in [-0.15, -0.1) is 0 Å². The van der Waals surface area contributed by atoms with Crippen molar-refractivity contribution in [3.63, 3.8) is 0 Å². The highest BCUT2D eigenvalue weighted by Gasteiger charge is 2.38. The molecule has 15 heteroatoms. The van der Waals surface area contributed by atoms with Crippen LogP contribution in [0.2, 0.25) is 6.82 Å². The summed E-state index contributed by atoms with van der Waals surface area (Å²) in [6, 6.07) is 0. The fourth-order valence-electron chi connectivity index (χ4n) is 2.14. The fourth-order valence-corrected chi connectivity index (χ4v) is 2.14. The Bertz CT molecular complexity index is 174. The quantitative estimate of drug-likeness (QED) is 0.171.